The van der Waals surface area contributed by atoms with Crippen molar-refractivity contribution in [3.05, 3.63) is 65.9 Å². The zero-order valence-electron chi connectivity index (χ0n) is 37.4. The molecule has 5 aromatic rings. The van der Waals surface area contributed by atoms with E-state index >= 15 is 0 Å². The van der Waals surface area contributed by atoms with Crippen molar-refractivity contribution in [1.82, 2.24) is 40.4 Å². The number of imidazole rings is 2. The van der Waals surface area contributed by atoms with Crippen LogP contribution in [0, 0.1) is 11.8 Å². The second kappa shape index (κ2) is 17.1. The highest BCUT2D eigenvalue weighted by Gasteiger charge is 2.45. The maximum Gasteiger partial charge on any atom is 0.407 e. The summed E-state index contributed by atoms with van der Waals surface area (Å²) in [5.74, 6) is 1.45. The first-order valence-corrected chi connectivity index (χ1v) is 22.6. The lowest BCUT2D eigenvalue weighted by Crippen LogP contribution is -2.55. The number of aromatic amines is 2. The fraction of sp³-hybridized carbons (Fsp3) is 0.500. The number of H-pyrrole nitrogens is 2. The Morgan fingerprint density at radius 2 is 1.55 bits per heavy atom. The monoisotopic (exact) mass is 874 g/mol. The van der Waals surface area contributed by atoms with E-state index in [1.54, 1.807) is 11.1 Å². The second-order valence-electron chi connectivity index (χ2n) is 18.6. The molecule has 16 nitrogen and oxygen atoms in total. The largest absolute Gasteiger partial charge is 0.488 e. The zero-order chi connectivity index (χ0) is 45.1. The minimum Gasteiger partial charge on any atom is -0.488 e. The van der Waals surface area contributed by atoms with Crippen LogP contribution >= 0.6 is 0 Å². The summed E-state index contributed by atoms with van der Waals surface area (Å²) in [5.41, 5.74) is 6.50. The van der Waals surface area contributed by atoms with E-state index in [0.29, 0.717) is 31.1 Å². The predicted molar refractivity (Wildman–Crippen MR) is 239 cm³/mol. The Bertz CT molecular complexity index is 2610. The zero-order valence-corrected chi connectivity index (χ0v) is 37.4. The van der Waals surface area contributed by atoms with Gasteiger partial charge in [0.05, 0.1) is 54.3 Å². The number of carbonyl (C=O) groups excluding carboxylic acids is 3. The molecule has 338 valence electrons. The van der Waals surface area contributed by atoms with Gasteiger partial charge in [0.25, 0.3) is 0 Å². The van der Waals surface area contributed by atoms with Crippen molar-refractivity contribution in [2.24, 2.45) is 11.8 Å². The fourth-order valence-corrected chi connectivity index (χ4v) is 10.8. The van der Waals surface area contributed by atoms with E-state index in [-0.39, 0.29) is 60.0 Å². The van der Waals surface area contributed by atoms with Gasteiger partial charge in [0.2, 0.25) is 11.8 Å². The van der Waals surface area contributed by atoms with E-state index in [1.165, 1.54) is 7.11 Å². The molecule has 0 spiro atoms. The number of carboxylic acid groups (broad SMARTS) is 1. The van der Waals surface area contributed by atoms with Gasteiger partial charge in [-0.05, 0) is 124 Å². The Morgan fingerprint density at radius 1 is 0.844 bits per heavy atom. The highest BCUT2D eigenvalue weighted by molar-refractivity contribution is 6.07. The molecule has 3 aromatic carbocycles. The smallest absolute Gasteiger partial charge is 0.407 e. The number of methoxy groups -OCH3 is 1. The summed E-state index contributed by atoms with van der Waals surface area (Å²) in [5, 5.41) is 16.7. The molecule has 8 atom stereocenters. The number of alkyl carbamates (subject to hydrolysis) is 1. The number of aromatic nitrogens is 4. The van der Waals surface area contributed by atoms with Crippen molar-refractivity contribution in [1.29, 1.82) is 0 Å². The first-order valence-electron chi connectivity index (χ1n) is 22.6. The van der Waals surface area contributed by atoms with Crippen molar-refractivity contribution in [3.8, 4) is 28.1 Å². The molecular formula is C48H58N8O8. The number of fused-ring (bicyclic) bond motifs is 6. The number of ether oxygens (including phenoxy) is 3. The fourth-order valence-electron chi connectivity index (χ4n) is 10.8. The second-order valence-corrected chi connectivity index (χ2v) is 18.6. The van der Waals surface area contributed by atoms with Gasteiger partial charge in [0.1, 0.15) is 36.1 Å². The summed E-state index contributed by atoms with van der Waals surface area (Å²) in [6, 6.07) is 12.3. The normalized spacial score (nSPS) is 25.2. The van der Waals surface area contributed by atoms with Crippen molar-refractivity contribution < 1.29 is 38.5 Å². The van der Waals surface area contributed by atoms with Crippen LogP contribution in [0.5, 0.6) is 5.75 Å². The molecule has 0 aliphatic carbocycles. The van der Waals surface area contributed by atoms with Crippen LogP contribution in [0.25, 0.3) is 44.2 Å². The number of carbonyl (C=O) groups is 4. The molecule has 2 aromatic heterocycles. The number of amides is 4. The van der Waals surface area contributed by atoms with Crippen LogP contribution in [0.2, 0.25) is 0 Å². The number of nitrogens with one attached hydrogen (secondary N) is 4. The lowest BCUT2D eigenvalue weighted by molar-refractivity contribution is -0.140. The standard InChI is InChI=1S/C48H58N8O8/c1-23(2)40(53-47(59)60)45(57)55-24(3)8-14-37(55)43-49-21-36(51-43)29-10-12-32-31(18-29)22-63-39-20-33-28(19-34(32)39)11-13-35-42(33)52-44(50-35)38-15-9-25(4)56(38)46(58)41(54-48(61)62-7)30-16-26(5)64-27(6)17-30/h10-13,18-21,23-27,30,37-38,40-41,53H,8-9,14-17,22H2,1-7H3,(H,49,51)(H,50,52)(H,54,61)(H,59,60)/t24-,25+,26+,27+,37-,38+,40-,41-/m0/s1. The maximum atomic E-state index is 14.6. The third kappa shape index (κ3) is 7.90. The quantitative estimate of drug-likeness (QED) is 0.0966. The molecule has 4 aliphatic rings. The summed E-state index contributed by atoms with van der Waals surface area (Å²) >= 11 is 0. The van der Waals surface area contributed by atoms with Crippen molar-refractivity contribution >= 4 is 45.8 Å². The van der Waals surface area contributed by atoms with Gasteiger partial charge in [-0.3, -0.25) is 9.59 Å². The number of benzene rings is 3. The average molecular weight is 875 g/mol. The van der Waals surface area contributed by atoms with Gasteiger partial charge in [-0.2, -0.15) is 0 Å². The number of nitrogens with zero attached hydrogens (tertiary/aromatic N) is 4. The van der Waals surface area contributed by atoms with Crippen LogP contribution in [-0.4, -0.2) is 102 Å². The molecule has 6 heterocycles. The summed E-state index contributed by atoms with van der Waals surface area (Å²) in [6.45, 7) is 12.1. The van der Waals surface area contributed by atoms with Crippen LogP contribution in [0.1, 0.15) is 109 Å². The van der Waals surface area contributed by atoms with E-state index in [1.807, 2.05) is 45.6 Å². The van der Waals surface area contributed by atoms with Crippen molar-refractivity contribution in [3.63, 3.8) is 0 Å². The van der Waals surface area contributed by atoms with Crippen molar-refractivity contribution in [2.75, 3.05) is 7.11 Å². The van der Waals surface area contributed by atoms with Gasteiger partial charge >= 0.3 is 12.2 Å². The molecule has 0 radical (unpaired) electrons. The van der Waals surface area contributed by atoms with E-state index < -0.39 is 24.3 Å². The SMILES string of the molecule is COC(=O)N[C@H](C(=O)N1[C@H](C)CC[C@@H]1c1nc2ccc3cc4c(cc3c2[nH]1)OCc1cc(-c2cnc([C@@H]3CC[C@H](C)N3C(=O)[C@@H](NC(=O)O)C(C)C)[nH]2)ccc1-4)C1C[C@@H](C)O[C@H](C)C1. The highest BCUT2D eigenvalue weighted by atomic mass is 16.5. The Morgan fingerprint density at radius 3 is 2.23 bits per heavy atom. The van der Waals surface area contributed by atoms with E-state index in [9.17, 15) is 24.3 Å². The third-order valence-corrected chi connectivity index (χ3v) is 13.9. The molecule has 0 unspecified atom stereocenters. The summed E-state index contributed by atoms with van der Waals surface area (Å²) in [4.78, 5) is 73.0. The molecule has 64 heavy (non-hydrogen) atoms. The van der Waals surface area contributed by atoms with Crippen LogP contribution in [-0.2, 0) is 25.7 Å². The third-order valence-electron chi connectivity index (χ3n) is 13.9. The van der Waals surface area contributed by atoms with Crippen LogP contribution < -0.4 is 15.4 Å². The Balaban J connectivity index is 0.970. The van der Waals surface area contributed by atoms with Gasteiger partial charge in [-0.25, -0.2) is 19.6 Å². The van der Waals surface area contributed by atoms with E-state index in [2.05, 4.69) is 63.9 Å². The summed E-state index contributed by atoms with van der Waals surface area (Å²) < 4.78 is 17.4. The number of likely N-dealkylation sites (tertiary alicyclic amines) is 2. The number of hydrogen-bond acceptors (Lipinski definition) is 9. The van der Waals surface area contributed by atoms with E-state index in [4.69, 9.17) is 24.2 Å². The van der Waals surface area contributed by atoms with Crippen LogP contribution in [0.3, 0.4) is 0 Å². The number of hydrogen-bond donors (Lipinski definition) is 5. The topological polar surface area (TPSA) is 204 Å². The van der Waals surface area contributed by atoms with Gasteiger partial charge in [0, 0.05) is 23.0 Å². The van der Waals surface area contributed by atoms with Crippen LogP contribution in [0.15, 0.2) is 48.7 Å². The van der Waals surface area contributed by atoms with Gasteiger partial charge in [-0.1, -0.05) is 32.0 Å². The highest BCUT2D eigenvalue weighted by Crippen LogP contribution is 2.44. The Labute approximate surface area is 371 Å². The molecule has 3 saturated heterocycles. The van der Waals surface area contributed by atoms with Gasteiger partial charge in [-0.15, -0.1) is 0 Å². The molecule has 4 amide bonds. The van der Waals surface area contributed by atoms with Crippen molar-refractivity contribution in [2.45, 2.75) is 135 Å². The predicted octanol–water partition coefficient (Wildman–Crippen LogP) is 7.99. The maximum absolute atomic E-state index is 14.6. The minimum absolute atomic E-state index is 0.0368. The molecular weight excluding hydrogens is 817 g/mol. The summed E-state index contributed by atoms with van der Waals surface area (Å²) in [6.07, 6.45) is 4.21. The molecule has 5 N–H and O–H groups in total. The lowest BCUT2D eigenvalue weighted by atomic mass is 9.85. The molecule has 16 heteroatoms. The lowest BCUT2D eigenvalue weighted by Gasteiger charge is -2.39. The number of rotatable bonds is 9. The molecule has 0 saturated carbocycles. The first kappa shape index (κ1) is 43.1. The van der Waals surface area contributed by atoms with Gasteiger partial charge in [0.15, 0.2) is 0 Å². The van der Waals surface area contributed by atoms with E-state index in [0.717, 1.165) is 81.2 Å². The molecule has 9 rings (SSSR count). The average Bonchev–Trinajstić information content (AvgIpc) is 4.08. The van der Waals surface area contributed by atoms with Crippen LogP contribution in [0.4, 0.5) is 9.59 Å². The van der Waals surface area contributed by atoms with Gasteiger partial charge < -0.3 is 49.7 Å². The Kier molecular flexibility index (Phi) is 11.5. The minimum atomic E-state index is -1.22. The first-order chi connectivity index (χ1) is 30.7. The molecule has 0 bridgehead atoms. The molecule has 3 fully saturated rings. The molecule has 4 aliphatic heterocycles. The summed E-state index contributed by atoms with van der Waals surface area (Å²) in [7, 11) is 1.31. The Hall–Kier alpha value is -6.16.